The lowest BCUT2D eigenvalue weighted by molar-refractivity contribution is -0.142. The summed E-state index contributed by atoms with van der Waals surface area (Å²) in [5.74, 6) is -1.54. The van der Waals surface area contributed by atoms with Gasteiger partial charge < -0.3 is 15.2 Å². The van der Waals surface area contributed by atoms with Crippen molar-refractivity contribution in [1.82, 2.24) is 5.32 Å². The number of hydrogen-bond donors (Lipinski definition) is 2. The fourth-order valence-corrected chi connectivity index (χ4v) is 4.93. The fourth-order valence-electron chi connectivity index (χ4n) is 4.76. The van der Waals surface area contributed by atoms with E-state index < -0.39 is 35.1 Å². The fraction of sp³-hybridized carbons (Fsp3) is 0.333. The van der Waals surface area contributed by atoms with E-state index in [0.717, 1.165) is 30.4 Å². The Morgan fingerprint density at radius 2 is 1.72 bits per heavy atom. The summed E-state index contributed by atoms with van der Waals surface area (Å²) in [6, 6.07) is 11.8. The molecule has 1 saturated carbocycles. The van der Waals surface area contributed by atoms with Crippen LogP contribution in [0.2, 0.25) is 5.02 Å². The van der Waals surface area contributed by atoms with Gasteiger partial charge in [-0.2, -0.15) is 13.2 Å². The number of hydrogen-bond acceptors (Lipinski definition) is 3. The topological polar surface area (TPSA) is 75.6 Å². The minimum atomic E-state index is -4.45. The van der Waals surface area contributed by atoms with Gasteiger partial charge in [0.25, 0.3) is 5.91 Å². The molecule has 0 aliphatic heterocycles. The molecule has 2 N–H and O–H groups in total. The molecule has 1 fully saturated rings. The first-order valence-electron chi connectivity index (χ1n) is 11.5. The van der Waals surface area contributed by atoms with Gasteiger partial charge in [-0.3, -0.25) is 4.79 Å². The third-order valence-electron chi connectivity index (χ3n) is 6.81. The van der Waals surface area contributed by atoms with Gasteiger partial charge >= 0.3 is 12.1 Å². The number of carboxylic acid groups (broad SMARTS) is 1. The van der Waals surface area contributed by atoms with E-state index in [1.807, 2.05) is 6.92 Å². The largest absolute Gasteiger partial charge is 0.487 e. The molecule has 5 nitrogen and oxygen atoms in total. The summed E-state index contributed by atoms with van der Waals surface area (Å²) in [7, 11) is 0. The molecule has 0 radical (unpaired) electrons. The van der Waals surface area contributed by atoms with E-state index in [-0.39, 0.29) is 17.9 Å². The summed E-state index contributed by atoms with van der Waals surface area (Å²) in [4.78, 5) is 25.4. The highest BCUT2D eigenvalue weighted by atomic mass is 35.5. The van der Waals surface area contributed by atoms with E-state index in [0.29, 0.717) is 28.8 Å². The van der Waals surface area contributed by atoms with Gasteiger partial charge in [-0.25, -0.2) is 4.79 Å². The van der Waals surface area contributed by atoms with Crippen LogP contribution in [-0.2, 0) is 17.6 Å². The van der Waals surface area contributed by atoms with E-state index in [9.17, 15) is 27.9 Å². The van der Waals surface area contributed by atoms with Crippen molar-refractivity contribution in [1.29, 1.82) is 0 Å². The second kappa shape index (κ2) is 10.0. The van der Waals surface area contributed by atoms with Crippen LogP contribution in [0.5, 0.6) is 5.75 Å². The number of fused-ring (bicyclic) bond motifs is 1. The van der Waals surface area contributed by atoms with Gasteiger partial charge in [0.15, 0.2) is 0 Å². The molecule has 190 valence electrons. The van der Waals surface area contributed by atoms with Crippen molar-refractivity contribution < 1.29 is 32.6 Å². The molecule has 0 unspecified atom stereocenters. The minimum absolute atomic E-state index is 0.107. The summed E-state index contributed by atoms with van der Waals surface area (Å²) < 4.78 is 44.7. The summed E-state index contributed by atoms with van der Waals surface area (Å²) in [6.45, 7) is 1.76. The molecule has 0 spiro atoms. The number of alkyl halides is 3. The van der Waals surface area contributed by atoms with Crippen LogP contribution in [0, 0.1) is 5.41 Å². The number of rotatable bonds is 7. The maximum Gasteiger partial charge on any atom is 0.416 e. The van der Waals surface area contributed by atoms with E-state index in [1.165, 1.54) is 12.1 Å². The third kappa shape index (κ3) is 5.43. The number of carbonyl (C=O) groups excluding carboxylic acids is 1. The number of nitrogens with one attached hydrogen (secondary N) is 1. The monoisotopic (exact) mass is 519 g/mol. The molecular weight excluding hydrogens is 495 g/mol. The molecule has 0 saturated heterocycles. The zero-order valence-electron chi connectivity index (χ0n) is 19.5. The smallest absolute Gasteiger partial charge is 0.416 e. The number of halogens is 4. The summed E-state index contributed by atoms with van der Waals surface area (Å²) in [5.41, 5.74) is -0.758. The first kappa shape index (κ1) is 25.8. The number of amides is 1. The van der Waals surface area contributed by atoms with Crippen molar-refractivity contribution in [3.63, 3.8) is 0 Å². The third-order valence-corrected chi connectivity index (χ3v) is 7.04. The number of aliphatic carboxylic acids is 1. The van der Waals surface area contributed by atoms with Gasteiger partial charge in [-0.15, -0.1) is 0 Å². The Labute approximate surface area is 211 Å². The second-order valence-corrected chi connectivity index (χ2v) is 9.83. The Bertz CT molecular complexity index is 1280. The van der Waals surface area contributed by atoms with E-state index >= 15 is 0 Å². The van der Waals surface area contributed by atoms with Gasteiger partial charge in [-0.1, -0.05) is 55.6 Å². The highest BCUT2D eigenvalue weighted by molar-refractivity contribution is 6.31. The Morgan fingerprint density at radius 1 is 1.08 bits per heavy atom. The van der Waals surface area contributed by atoms with Gasteiger partial charge in [0.1, 0.15) is 18.4 Å². The van der Waals surface area contributed by atoms with Crippen LogP contribution >= 0.6 is 11.6 Å². The summed E-state index contributed by atoms with van der Waals surface area (Å²) in [6.07, 6.45) is -1.28. The molecule has 3 aromatic carbocycles. The van der Waals surface area contributed by atoms with Crippen LogP contribution in [0.4, 0.5) is 13.2 Å². The highest BCUT2D eigenvalue weighted by Crippen LogP contribution is 2.41. The lowest BCUT2D eigenvalue weighted by atomic mass is 9.80. The first-order valence-corrected chi connectivity index (χ1v) is 11.9. The molecule has 1 amide bonds. The van der Waals surface area contributed by atoms with Crippen molar-refractivity contribution in [2.24, 2.45) is 5.41 Å². The van der Waals surface area contributed by atoms with Gasteiger partial charge in [0.05, 0.1) is 11.1 Å². The molecule has 0 aromatic heterocycles. The average molecular weight is 520 g/mol. The number of ether oxygens (including phenoxy) is 1. The van der Waals surface area contributed by atoms with Crippen LogP contribution in [0.25, 0.3) is 10.8 Å². The van der Waals surface area contributed by atoms with Crippen molar-refractivity contribution in [3.05, 3.63) is 76.3 Å². The summed E-state index contributed by atoms with van der Waals surface area (Å²) >= 11 is 6.19. The lowest BCUT2D eigenvalue weighted by Crippen LogP contribution is -2.50. The SMILES string of the molecule is CC1([C@H](NC(=O)c2ccc3ccc(Cl)cc3c2OCc2ccc(C(F)(F)F)cc2)C(=O)O)CCCC1. The van der Waals surface area contributed by atoms with E-state index in [2.05, 4.69) is 5.32 Å². The zero-order valence-corrected chi connectivity index (χ0v) is 20.2. The molecule has 9 heteroatoms. The Kier molecular flexibility index (Phi) is 7.18. The van der Waals surface area contributed by atoms with Gasteiger partial charge in [0, 0.05) is 10.4 Å². The quantitative estimate of drug-likeness (QED) is 0.358. The predicted molar refractivity (Wildman–Crippen MR) is 130 cm³/mol. The van der Waals surface area contributed by atoms with Crippen molar-refractivity contribution in [3.8, 4) is 5.75 Å². The molecule has 3 aromatic rings. The standard InChI is InChI=1S/C27H25ClF3NO4/c1-26(12-2-3-13-26)23(25(34)35)32-24(33)20-11-7-17-6-10-19(28)14-21(17)22(20)36-15-16-4-8-18(9-5-16)27(29,30)31/h4-11,14,23H,2-3,12-13,15H2,1H3,(H,32,33)(H,34,35)/t23-/m1/s1. The second-order valence-electron chi connectivity index (χ2n) is 9.40. The Balaban J connectivity index is 1.66. The maximum absolute atomic E-state index is 13.4. The van der Waals surface area contributed by atoms with Crippen molar-refractivity contribution >= 4 is 34.2 Å². The van der Waals surface area contributed by atoms with Crippen LogP contribution in [0.3, 0.4) is 0 Å². The lowest BCUT2D eigenvalue weighted by Gasteiger charge is -2.31. The van der Waals surface area contributed by atoms with Crippen LogP contribution in [0.15, 0.2) is 54.6 Å². The first-order chi connectivity index (χ1) is 17.0. The average Bonchev–Trinajstić information content (AvgIpc) is 3.27. The van der Waals surface area contributed by atoms with Crippen LogP contribution in [0.1, 0.15) is 54.1 Å². The molecular formula is C27H25ClF3NO4. The molecule has 36 heavy (non-hydrogen) atoms. The minimum Gasteiger partial charge on any atom is -0.487 e. The van der Waals surface area contributed by atoms with Crippen molar-refractivity contribution in [2.75, 3.05) is 0 Å². The zero-order chi connectivity index (χ0) is 26.1. The number of carbonyl (C=O) groups is 2. The molecule has 0 heterocycles. The molecule has 1 aliphatic carbocycles. The van der Waals surface area contributed by atoms with Gasteiger partial charge in [-0.05, 0) is 59.5 Å². The Morgan fingerprint density at radius 3 is 2.33 bits per heavy atom. The van der Waals surface area contributed by atoms with Gasteiger partial charge in [0.2, 0.25) is 0 Å². The molecule has 4 rings (SSSR count). The van der Waals surface area contributed by atoms with E-state index in [4.69, 9.17) is 16.3 Å². The van der Waals surface area contributed by atoms with Crippen LogP contribution in [-0.4, -0.2) is 23.0 Å². The number of benzene rings is 3. The maximum atomic E-state index is 13.4. The molecule has 1 atom stereocenters. The van der Waals surface area contributed by atoms with Crippen LogP contribution < -0.4 is 10.1 Å². The molecule has 1 aliphatic rings. The van der Waals surface area contributed by atoms with E-state index in [1.54, 1.807) is 30.3 Å². The normalized spacial score (nSPS) is 16.0. The molecule has 0 bridgehead atoms. The summed E-state index contributed by atoms with van der Waals surface area (Å²) in [5, 5.41) is 14.2. The predicted octanol–water partition coefficient (Wildman–Crippen LogP) is 6.85. The highest BCUT2D eigenvalue weighted by Gasteiger charge is 2.42. The van der Waals surface area contributed by atoms with Crippen molar-refractivity contribution in [2.45, 2.75) is 51.4 Å². The number of carboxylic acids is 1. The Hall–Kier alpha value is -3.26.